The summed E-state index contributed by atoms with van der Waals surface area (Å²) in [6, 6.07) is 14.5. The Morgan fingerprint density at radius 3 is 2.60 bits per heavy atom. The molecule has 0 amide bonds. The monoisotopic (exact) mass is 354 g/mol. The number of amidine groups is 1. The number of sulfonamides is 1. The summed E-state index contributed by atoms with van der Waals surface area (Å²) in [7, 11) is -3.51. The number of hydrogen-bond acceptors (Lipinski definition) is 3. The van der Waals surface area contributed by atoms with Crippen LogP contribution in [-0.2, 0) is 10.0 Å². The Hall–Kier alpha value is -2.73. The number of nitrogens with zero attached hydrogens (tertiary/aromatic N) is 2. The third-order valence-corrected chi connectivity index (χ3v) is 5.37. The highest BCUT2D eigenvalue weighted by molar-refractivity contribution is 7.90. The Bertz CT molecular complexity index is 1020. The number of benzene rings is 2. The van der Waals surface area contributed by atoms with Gasteiger partial charge >= 0.3 is 0 Å². The zero-order valence-corrected chi connectivity index (χ0v) is 14.1. The first-order chi connectivity index (χ1) is 12.0. The fraction of sp³-hybridized carbons (Fsp3) is 0.105. The van der Waals surface area contributed by atoms with E-state index in [2.05, 4.69) is 4.40 Å². The van der Waals surface area contributed by atoms with E-state index in [0.717, 1.165) is 11.1 Å². The Labute approximate surface area is 145 Å². The molecule has 2 heterocycles. The molecule has 0 spiro atoms. The molecule has 0 unspecified atom stereocenters. The first kappa shape index (κ1) is 15.8. The number of fused-ring (bicyclic) bond motifs is 1. The van der Waals surface area contributed by atoms with E-state index < -0.39 is 15.8 Å². The van der Waals surface area contributed by atoms with Crippen LogP contribution in [0.25, 0.3) is 16.7 Å². The molecule has 4 nitrogen and oxygen atoms in total. The summed E-state index contributed by atoms with van der Waals surface area (Å²) in [5.74, 6) is -0.169. The number of hydrogen-bond donors (Lipinski definition) is 0. The van der Waals surface area contributed by atoms with Crippen molar-refractivity contribution in [3.05, 3.63) is 78.3 Å². The van der Waals surface area contributed by atoms with Gasteiger partial charge in [0.05, 0.1) is 5.75 Å². The summed E-state index contributed by atoms with van der Waals surface area (Å²) >= 11 is 0. The normalized spacial score (nSPS) is 18.4. The van der Waals surface area contributed by atoms with E-state index in [1.54, 1.807) is 29.3 Å². The van der Waals surface area contributed by atoms with Crippen molar-refractivity contribution in [1.82, 2.24) is 4.90 Å². The third kappa shape index (κ3) is 3.00. The molecule has 0 saturated carbocycles. The molecule has 0 atom stereocenters. The molecule has 0 aromatic heterocycles. The van der Waals surface area contributed by atoms with Crippen LogP contribution in [0.5, 0.6) is 0 Å². The summed E-state index contributed by atoms with van der Waals surface area (Å²) in [5, 5.41) is 0. The van der Waals surface area contributed by atoms with Gasteiger partial charge in [-0.1, -0.05) is 42.5 Å². The number of allylic oxidation sites excluding steroid dienone is 2. The van der Waals surface area contributed by atoms with Crippen LogP contribution in [0.4, 0.5) is 4.39 Å². The van der Waals surface area contributed by atoms with Crippen molar-refractivity contribution in [3.8, 4) is 11.1 Å². The SMILES string of the molecule is O=S1(=O)CCN2C=CC=C(c3ccc(-c4ccccc4)cc3F)C2=N1. The Morgan fingerprint density at radius 2 is 1.84 bits per heavy atom. The van der Waals surface area contributed by atoms with Gasteiger partial charge in [-0.15, -0.1) is 4.40 Å². The summed E-state index contributed by atoms with van der Waals surface area (Å²) in [4.78, 5) is 1.74. The van der Waals surface area contributed by atoms with Gasteiger partial charge in [-0.05, 0) is 29.3 Å². The highest BCUT2D eigenvalue weighted by Gasteiger charge is 2.28. The van der Waals surface area contributed by atoms with Gasteiger partial charge in [-0.2, -0.15) is 0 Å². The molecule has 2 aromatic carbocycles. The topological polar surface area (TPSA) is 49.7 Å². The van der Waals surface area contributed by atoms with Gasteiger partial charge in [0.25, 0.3) is 10.0 Å². The Kier molecular flexibility index (Phi) is 3.77. The molecule has 0 radical (unpaired) electrons. The lowest BCUT2D eigenvalue weighted by molar-refractivity contribution is 0.549. The molecule has 4 rings (SSSR count). The minimum atomic E-state index is -3.51. The van der Waals surface area contributed by atoms with Crippen molar-refractivity contribution in [2.75, 3.05) is 12.3 Å². The molecule has 0 saturated heterocycles. The van der Waals surface area contributed by atoms with Crippen LogP contribution in [-0.4, -0.2) is 31.5 Å². The van der Waals surface area contributed by atoms with Gasteiger partial charge in [0, 0.05) is 23.9 Å². The second kappa shape index (κ2) is 5.97. The lowest BCUT2D eigenvalue weighted by atomic mass is 9.97. The van der Waals surface area contributed by atoms with Crippen LogP contribution in [0, 0.1) is 5.82 Å². The van der Waals surface area contributed by atoms with Crippen molar-refractivity contribution in [2.24, 2.45) is 4.40 Å². The molecule has 0 aliphatic carbocycles. The van der Waals surface area contributed by atoms with Crippen molar-refractivity contribution in [1.29, 1.82) is 0 Å². The quantitative estimate of drug-likeness (QED) is 0.830. The molecular weight excluding hydrogens is 339 g/mol. The van der Waals surface area contributed by atoms with Gasteiger partial charge in [-0.25, -0.2) is 12.8 Å². The largest absolute Gasteiger partial charge is 0.331 e. The standard InChI is InChI=1S/C19H15FN2O2S/c20-18-13-15(14-5-2-1-3-6-14)8-9-16(18)17-7-4-10-22-11-12-25(23,24)21-19(17)22/h1-10,13H,11-12H2. The van der Waals surface area contributed by atoms with Crippen LogP contribution >= 0.6 is 0 Å². The van der Waals surface area contributed by atoms with E-state index in [4.69, 9.17) is 0 Å². The summed E-state index contributed by atoms with van der Waals surface area (Å²) in [6.07, 6.45) is 5.22. The highest BCUT2D eigenvalue weighted by Crippen LogP contribution is 2.30. The predicted octanol–water partition coefficient (Wildman–Crippen LogP) is 3.45. The average molecular weight is 354 g/mol. The van der Waals surface area contributed by atoms with Crippen LogP contribution < -0.4 is 0 Å². The van der Waals surface area contributed by atoms with Crippen LogP contribution in [0.2, 0.25) is 0 Å². The van der Waals surface area contributed by atoms with Gasteiger partial charge < -0.3 is 4.90 Å². The third-order valence-electron chi connectivity index (χ3n) is 4.22. The van der Waals surface area contributed by atoms with Crippen LogP contribution in [0.1, 0.15) is 5.56 Å². The first-order valence-electron chi connectivity index (χ1n) is 7.87. The molecule has 2 aliphatic heterocycles. The lowest BCUT2D eigenvalue weighted by Gasteiger charge is -2.29. The average Bonchev–Trinajstić information content (AvgIpc) is 2.61. The minimum absolute atomic E-state index is 0.0381. The maximum atomic E-state index is 14.8. The second-order valence-corrected chi connectivity index (χ2v) is 7.63. The predicted molar refractivity (Wildman–Crippen MR) is 96.9 cm³/mol. The molecular formula is C19H15FN2O2S. The number of rotatable bonds is 2. The maximum Gasteiger partial charge on any atom is 0.256 e. The molecule has 2 aromatic rings. The zero-order valence-electron chi connectivity index (χ0n) is 13.3. The molecule has 6 heteroatoms. The van der Waals surface area contributed by atoms with E-state index in [0.29, 0.717) is 17.7 Å². The summed E-state index contributed by atoms with van der Waals surface area (Å²) in [6.45, 7) is 0.318. The number of halogens is 1. The summed E-state index contributed by atoms with van der Waals surface area (Å²) < 4.78 is 42.3. The van der Waals surface area contributed by atoms with Crippen molar-refractivity contribution >= 4 is 21.4 Å². The molecule has 2 aliphatic rings. The van der Waals surface area contributed by atoms with E-state index in [1.165, 1.54) is 6.07 Å². The van der Waals surface area contributed by atoms with Crippen molar-refractivity contribution in [3.63, 3.8) is 0 Å². The van der Waals surface area contributed by atoms with Gasteiger partial charge in [0.1, 0.15) is 5.82 Å². The van der Waals surface area contributed by atoms with Gasteiger partial charge in [0.15, 0.2) is 5.84 Å². The van der Waals surface area contributed by atoms with Crippen molar-refractivity contribution < 1.29 is 12.8 Å². The maximum absolute atomic E-state index is 14.8. The molecule has 0 bridgehead atoms. The molecule has 126 valence electrons. The van der Waals surface area contributed by atoms with Gasteiger partial charge in [-0.3, -0.25) is 0 Å². The molecule has 25 heavy (non-hydrogen) atoms. The van der Waals surface area contributed by atoms with Crippen LogP contribution in [0.3, 0.4) is 0 Å². The first-order valence-corrected chi connectivity index (χ1v) is 9.48. The fourth-order valence-corrected chi connectivity index (χ4v) is 3.96. The van der Waals surface area contributed by atoms with E-state index in [1.807, 2.05) is 36.4 Å². The molecule has 0 fully saturated rings. The Morgan fingerprint density at radius 1 is 1.04 bits per heavy atom. The van der Waals surface area contributed by atoms with Crippen molar-refractivity contribution in [2.45, 2.75) is 0 Å². The van der Waals surface area contributed by atoms with Gasteiger partial charge in [0.2, 0.25) is 0 Å². The highest BCUT2D eigenvalue weighted by atomic mass is 32.2. The smallest absolute Gasteiger partial charge is 0.256 e. The van der Waals surface area contributed by atoms with E-state index >= 15 is 0 Å². The minimum Gasteiger partial charge on any atom is -0.331 e. The zero-order chi connectivity index (χ0) is 17.4. The van der Waals surface area contributed by atoms with E-state index in [-0.39, 0.29) is 11.6 Å². The molecule has 0 N–H and O–H groups in total. The summed E-state index contributed by atoms with van der Waals surface area (Å²) in [5.41, 5.74) is 2.50. The Balaban J connectivity index is 1.78. The second-order valence-electron chi connectivity index (χ2n) is 5.88. The van der Waals surface area contributed by atoms with Crippen LogP contribution in [0.15, 0.2) is 71.3 Å². The lowest BCUT2D eigenvalue weighted by Crippen LogP contribution is -2.37. The fourth-order valence-electron chi connectivity index (χ4n) is 2.97. The van der Waals surface area contributed by atoms with E-state index in [9.17, 15) is 12.8 Å².